The van der Waals surface area contributed by atoms with Gasteiger partial charge in [-0.25, -0.2) is 9.67 Å². The number of anilines is 1. The van der Waals surface area contributed by atoms with Gasteiger partial charge in [0.2, 0.25) is 11.2 Å². The van der Waals surface area contributed by atoms with Gasteiger partial charge >= 0.3 is 0 Å². The molecule has 1 amide bonds. The van der Waals surface area contributed by atoms with E-state index < -0.39 is 0 Å². The number of nitrogens with zero attached hydrogens (tertiary/aromatic N) is 4. The minimum absolute atomic E-state index is 0.0165. The van der Waals surface area contributed by atoms with Gasteiger partial charge in [-0.05, 0) is 17.7 Å². The third kappa shape index (κ3) is 2.92. The number of carbonyl (C=O) groups excluding carboxylic acids is 1. The number of rotatable bonds is 3. The maximum Gasteiger partial charge on any atom is 0.240 e. The van der Waals surface area contributed by atoms with E-state index in [1.807, 2.05) is 0 Å². The molecule has 8 heteroatoms. The highest BCUT2D eigenvalue weighted by Crippen LogP contribution is 2.13. The molecular formula is C9H7Cl2N5O. The monoisotopic (exact) mass is 271 g/mol. The van der Waals surface area contributed by atoms with Gasteiger partial charge < -0.3 is 5.32 Å². The zero-order valence-corrected chi connectivity index (χ0v) is 9.98. The standard InChI is InChI=1S/C9H7Cl2N5O/c10-5-8(17)13-6-4-7(15-9(11)14-6)16-3-1-2-12-16/h1-4H,5H2,(H,13,14,15,17). The van der Waals surface area contributed by atoms with E-state index in [-0.39, 0.29) is 22.9 Å². The summed E-state index contributed by atoms with van der Waals surface area (Å²) in [5.74, 6) is 0.215. The third-order valence-corrected chi connectivity index (χ3v) is 2.23. The molecule has 0 aromatic carbocycles. The first-order valence-electron chi connectivity index (χ1n) is 4.59. The van der Waals surface area contributed by atoms with Crippen LogP contribution in [0.15, 0.2) is 24.5 Å². The lowest BCUT2D eigenvalue weighted by atomic mass is 10.5. The zero-order valence-electron chi connectivity index (χ0n) is 8.47. The Hall–Kier alpha value is -1.66. The highest BCUT2D eigenvalue weighted by molar-refractivity contribution is 6.29. The Morgan fingerprint density at radius 3 is 2.94 bits per heavy atom. The van der Waals surface area contributed by atoms with Crippen molar-refractivity contribution in [2.45, 2.75) is 0 Å². The van der Waals surface area contributed by atoms with Crippen LogP contribution >= 0.6 is 23.2 Å². The van der Waals surface area contributed by atoms with Crippen molar-refractivity contribution in [1.29, 1.82) is 0 Å². The molecule has 0 aliphatic heterocycles. The topological polar surface area (TPSA) is 72.7 Å². The van der Waals surface area contributed by atoms with Gasteiger partial charge in [0, 0.05) is 18.5 Å². The molecule has 2 aromatic rings. The molecule has 0 spiro atoms. The van der Waals surface area contributed by atoms with Crippen LogP contribution in [0.1, 0.15) is 0 Å². The van der Waals surface area contributed by atoms with Gasteiger partial charge in [0.1, 0.15) is 11.7 Å². The number of amides is 1. The van der Waals surface area contributed by atoms with Crippen molar-refractivity contribution in [2.75, 3.05) is 11.2 Å². The van der Waals surface area contributed by atoms with E-state index in [4.69, 9.17) is 23.2 Å². The van der Waals surface area contributed by atoms with Crippen molar-refractivity contribution >= 4 is 34.9 Å². The number of aromatic nitrogens is 4. The molecule has 0 aliphatic carbocycles. The highest BCUT2D eigenvalue weighted by Gasteiger charge is 2.07. The third-order valence-electron chi connectivity index (χ3n) is 1.81. The van der Waals surface area contributed by atoms with E-state index >= 15 is 0 Å². The number of hydrogen-bond donors (Lipinski definition) is 1. The summed E-state index contributed by atoms with van der Waals surface area (Å²) >= 11 is 11.1. The Morgan fingerprint density at radius 1 is 1.47 bits per heavy atom. The molecule has 0 unspecified atom stereocenters. The fraction of sp³-hybridized carbons (Fsp3) is 0.111. The number of nitrogens with one attached hydrogen (secondary N) is 1. The van der Waals surface area contributed by atoms with Gasteiger partial charge in [0.25, 0.3) is 0 Å². The van der Waals surface area contributed by atoms with Gasteiger partial charge in [-0.2, -0.15) is 10.1 Å². The van der Waals surface area contributed by atoms with Crippen LogP contribution in [0.4, 0.5) is 5.82 Å². The van der Waals surface area contributed by atoms with Crippen LogP contribution in [0.3, 0.4) is 0 Å². The van der Waals surface area contributed by atoms with Crippen molar-refractivity contribution in [3.05, 3.63) is 29.8 Å². The fourth-order valence-electron chi connectivity index (χ4n) is 1.17. The smallest absolute Gasteiger partial charge is 0.240 e. The van der Waals surface area contributed by atoms with Crippen LogP contribution in [0, 0.1) is 0 Å². The van der Waals surface area contributed by atoms with Crippen molar-refractivity contribution in [2.24, 2.45) is 0 Å². The molecule has 0 saturated carbocycles. The summed E-state index contributed by atoms with van der Waals surface area (Å²) in [4.78, 5) is 19.0. The van der Waals surface area contributed by atoms with Crippen LogP contribution in [-0.4, -0.2) is 31.5 Å². The minimum atomic E-state index is -0.368. The first-order chi connectivity index (χ1) is 8.19. The van der Waals surface area contributed by atoms with E-state index in [0.717, 1.165) is 0 Å². The van der Waals surface area contributed by atoms with E-state index in [2.05, 4.69) is 20.4 Å². The molecule has 2 rings (SSSR count). The molecule has 0 atom stereocenters. The lowest BCUT2D eigenvalue weighted by molar-refractivity contribution is -0.113. The van der Waals surface area contributed by atoms with E-state index in [0.29, 0.717) is 5.82 Å². The summed E-state index contributed by atoms with van der Waals surface area (Å²) in [7, 11) is 0. The van der Waals surface area contributed by atoms with Crippen LogP contribution in [0.25, 0.3) is 5.82 Å². The summed E-state index contributed by atoms with van der Waals surface area (Å²) in [6.07, 6.45) is 3.30. The maximum absolute atomic E-state index is 11.1. The first kappa shape index (κ1) is 11.8. The molecule has 0 aliphatic rings. The van der Waals surface area contributed by atoms with Gasteiger partial charge in [-0.15, -0.1) is 11.6 Å². The molecule has 0 bridgehead atoms. The highest BCUT2D eigenvalue weighted by atomic mass is 35.5. The summed E-state index contributed by atoms with van der Waals surface area (Å²) in [6, 6.07) is 3.29. The van der Waals surface area contributed by atoms with E-state index in [1.165, 1.54) is 4.68 Å². The molecule has 0 saturated heterocycles. The Kier molecular flexibility index (Phi) is 3.55. The Labute approximate surface area is 107 Å². The van der Waals surface area contributed by atoms with Crippen molar-refractivity contribution in [3.8, 4) is 5.82 Å². The SMILES string of the molecule is O=C(CCl)Nc1cc(-n2cccn2)nc(Cl)n1. The predicted molar refractivity (Wildman–Crippen MR) is 63.5 cm³/mol. The molecule has 17 heavy (non-hydrogen) atoms. The van der Waals surface area contributed by atoms with Gasteiger partial charge in [0.05, 0.1) is 0 Å². The maximum atomic E-state index is 11.1. The lowest BCUT2D eigenvalue weighted by Gasteiger charge is -2.05. The van der Waals surface area contributed by atoms with Crippen molar-refractivity contribution in [1.82, 2.24) is 19.7 Å². The Bertz CT molecular complexity index is 528. The second-order valence-electron chi connectivity index (χ2n) is 3.01. The summed E-state index contributed by atoms with van der Waals surface area (Å²) < 4.78 is 1.50. The molecular weight excluding hydrogens is 265 g/mol. The molecule has 88 valence electrons. The molecule has 1 N–H and O–H groups in total. The summed E-state index contributed by atoms with van der Waals surface area (Å²) in [5.41, 5.74) is 0. The Morgan fingerprint density at radius 2 is 2.29 bits per heavy atom. The molecule has 0 fully saturated rings. The van der Waals surface area contributed by atoms with Crippen LogP contribution in [-0.2, 0) is 4.79 Å². The lowest BCUT2D eigenvalue weighted by Crippen LogP contribution is -2.14. The van der Waals surface area contributed by atoms with Gasteiger partial charge in [-0.1, -0.05) is 0 Å². The van der Waals surface area contributed by atoms with Crippen LogP contribution in [0.5, 0.6) is 0 Å². The normalized spacial score (nSPS) is 10.2. The summed E-state index contributed by atoms with van der Waals surface area (Å²) in [6.45, 7) is 0. The number of carbonyl (C=O) groups is 1. The largest absolute Gasteiger partial charge is 0.309 e. The first-order valence-corrected chi connectivity index (χ1v) is 5.50. The van der Waals surface area contributed by atoms with Gasteiger partial charge in [-0.3, -0.25) is 4.79 Å². The van der Waals surface area contributed by atoms with E-state index in [9.17, 15) is 4.79 Å². The quantitative estimate of drug-likeness (QED) is 0.678. The van der Waals surface area contributed by atoms with Crippen LogP contribution in [0.2, 0.25) is 5.28 Å². The number of alkyl halides is 1. The minimum Gasteiger partial charge on any atom is -0.309 e. The predicted octanol–water partition coefficient (Wildman–Crippen LogP) is 1.49. The van der Waals surface area contributed by atoms with Gasteiger partial charge in [0.15, 0.2) is 5.82 Å². The molecule has 2 aromatic heterocycles. The fourth-order valence-corrected chi connectivity index (χ4v) is 1.41. The zero-order chi connectivity index (χ0) is 12.3. The number of hydrogen-bond acceptors (Lipinski definition) is 4. The molecule has 0 radical (unpaired) electrons. The Balaban J connectivity index is 2.33. The number of halogens is 2. The van der Waals surface area contributed by atoms with Crippen molar-refractivity contribution < 1.29 is 4.79 Å². The summed E-state index contributed by atoms with van der Waals surface area (Å²) in [5, 5.41) is 6.50. The average molecular weight is 272 g/mol. The van der Waals surface area contributed by atoms with E-state index in [1.54, 1.807) is 24.5 Å². The second-order valence-corrected chi connectivity index (χ2v) is 3.62. The van der Waals surface area contributed by atoms with Crippen molar-refractivity contribution in [3.63, 3.8) is 0 Å². The molecule has 2 heterocycles. The van der Waals surface area contributed by atoms with Crippen LogP contribution < -0.4 is 5.32 Å². The molecule has 6 nitrogen and oxygen atoms in total. The average Bonchev–Trinajstić information content (AvgIpc) is 2.81. The second kappa shape index (κ2) is 5.11.